The van der Waals surface area contributed by atoms with Gasteiger partial charge in [0.05, 0.1) is 13.2 Å². The van der Waals surface area contributed by atoms with Crippen LogP contribution >= 0.6 is 0 Å². The molecule has 27 heavy (non-hydrogen) atoms. The number of nitrogens with one attached hydrogen (secondary N) is 1. The van der Waals surface area contributed by atoms with E-state index in [1.807, 2.05) is 20.8 Å². The average molecular weight is 386 g/mol. The number of rotatable bonds is 9. The number of alkyl halides is 2. The summed E-state index contributed by atoms with van der Waals surface area (Å²) in [7, 11) is 1.38. The Morgan fingerprint density at radius 3 is 2.63 bits per heavy atom. The fourth-order valence-corrected chi connectivity index (χ4v) is 3.36. The van der Waals surface area contributed by atoms with Crippen LogP contribution in [-0.4, -0.2) is 44.4 Å². The zero-order chi connectivity index (χ0) is 20.2. The van der Waals surface area contributed by atoms with Gasteiger partial charge in [-0.05, 0) is 31.0 Å². The third-order valence-corrected chi connectivity index (χ3v) is 5.38. The molecule has 6 nitrogen and oxygen atoms in total. The smallest absolute Gasteiger partial charge is 0.387 e. The first kappa shape index (κ1) is 21.4. The van der Waals surface area contributed by atoms with E-state index in [0.717, 1.165) is 5.56 Å². The SMILES string of the molecule is CCOC1CC(N)(C(=O)NCCc2ccc(OC)c(OC(F)F)c2)C1(C)C. The molecule has 1 aliphatic carbocycles. The van der Waals surface area contributed by atoms with Crippen LogP contribution in [0.1, 0.15) is 32.8 Å². The summed E-state index contributed by atoms with van der Waals surface area (Å²) in [5, 5.41) is 2.84. The molecular formula is C19H28F2N2O4. The summed E-state index contributed by atoms with van der Waals surface area (Å²) in [5.74, 6) is -0.0468. The molecule has 1 aromatic rings. The van der Waals surface area contributed by atoms with Crippen LogP contribution in [0.4, 0.5) is 8.78 Å². The molecule has 1 amide bonds. The molecule has 1 aromatic carbocycles. The number of methoxy groups -OCH3 is 1. The van der Waals surface area contributed by atoms with Crippen LogP contribution < -0.4 is 20.5 Å². The first-order valence-corrected chi connectivity index (χ1v) is 8.96. The predicted octanol–water partition coefficient (Wildman–Crippen LogP) is 2.49. The lowest BCUT2D eigenvalue weighted by atomic mass is 9.54. The maximum absolute atomic E-state index is 12.6. The summed E-state index contributed by atoms with van der Waals surface area (Å²) < 4.78 is 40.1. The highest BCUT2D eigenvalue weighted by atomic mass is 19.3. The van der Waals surface area contributed by atoms with Crippen molar-refractivity contribution in [1.29, 1.82) is 0 Å². The van der Waals surface area contributed by atoms with Gasteiger partial charge in [0.15, 0.2) is 11.5 Å². The van der Waals surface area contributed by atoms with Gasteiger partial charge in [-0.15, -0.1) is 0 Å². The number of hydrogen-bond donors (Lipinski definition) is 2. The van der Waals surface area contributed by atoms with Crippen LogP contribution in [0.3, 0.4) is 0 Å². The van der Waals surface area contributed by atoms with Crippen LogP contribution in [0.15, 0.2) is 18.2 Å². The van der Waals surface area contributed by atoms with Gasteiger partial charge in [0, 0.05) is 25.0 Å². The molecule has 1 saturated carbocycles. The third kappa shape index (κ3) is 4.32. The summed E-state index contributed by atoms with van der Waals surface area (Å²) in [5.41, 5.74) is 5.61. The van der Waals surface area contributed by atoms with Gasteiger partial charge in [-0.2, -0.15) is 8.78 Å². The molecule has 1 fully saturated rings. The number of ether oxygens (including phenoxy) is 3. The van der Waals surface area contributed by atoms with E-state index >= 15 is 0 Å². The Morgan fingerprint density at radius 2 is 2.07 bits per heavy atom. The van der Waals surface area contributed by atoms with Crippen molar-refractivity contribution < 1.29 is 27.8 Å². The lowest BCUT2D eigenvalue weighted by molar-refractivity contribution is -0.170. The molecule has 0 aliphatic heterocycles. The molecule has 2 rings (SSSR count). The van der Waals surface area contributed by atoms with Crippen molar-refractivity contribution in [3.05, 3.63) is 23.8 Å². The number of carbonyl (C=O) groups excluding carboxylic acids is 1. The molecule has 1 aliphatic rings. The minimum Gasteiger partial charge on any atom is -0.493 e. The second-order valence-corrected chi connectivity index (χ2v) is 7.21. The number of hydrogen-bond acceptors (Lipinski definition) is 5. The lowest BCUT2D eigenvalue weighted by Gasteiger charge is -2.57. The van der Waals surface area contributed by atoms with E-state index in [0.29, 0.717) is 26.0 Å². The van der Waals surface area contributed by atoms with E-state index in [-0.39, 0.29) is 23.5 Å². The molecule has 0 spiro atoms. The van der Waals surface area contributed by atoms with Gasteiger partial charge in [-0.1, -0.05) is 19.9 Å². The fraction of sp³-hybridized carbons (Fsp3) is 0.632. The molecule has 0 radical (unpaired) electrons. The van der Waals surface area contributed by atoms with Gasteiger partial charge in [0.25, 0.3) is 0 Å². The summed E-state index contributed by atoms with van der Waals surface area (Å²) in [4.78, 5) is 12.6. The van der Waals surface area contributed by atoms with E-state index in [4.69, 9.17) is 15.2 Å². The molecular weight excluding hydrogens is 358 g/mol. The monoisotopic (exact) mass is 386 g/mol. The van der Waals surface area contributed by atoms with Gasteiger partial charge in [0.2, 0.25) is 5.91 Å². The van der Waals surface area contributed by atoms with Gasteiger partial charge in [-0.3, -0.25) is 4.79 Å². The minimum absolute atomic E-state index is 0.0358. The third-order valence-electron chi connectivity index (χ3n) is 5.38. The van der Waals surface area contributed by atoms with Crippen molar-refractivity contribution >= 4 is 5.91 Å². The first-order chi connectivity index (χ1) is 12.7. The maximum atomic E-state index is 12.6. The van der Waals surface area contributed by atoms with Crippen LogP contribution in [-0.2, 0) is 16.0 Å². The zero-order valence-electron chi connectivity index (χ0n) is 16.2. The van der Waals surface area contributed by atoms with Crippen molar-refractivity contribution in [1.82, 2.24) is 5.32 Å². The molecule has 0 heterocycles. The number of halogens is 2. The molecule has 0 aromatic heterocycles. The average Bonchev–Trinajstić information content (AvgIpc) is 2.61. The van der Waals surface area contributed by atoms with Crippen LogP contribution in [0, 0.1) is 5.41 Å². The molecule has 8 heteroatoms. The largest absolute Gasteiger partial charge is 0.493 e. The normalized spacial score (nSPS) is 23.6. The second kappa shape index (κ2) is 8.39. The van der Waals surface area contributed by atoms with E-state index in [9.17, 15) is 13.6 Å². The van der Waals surface area contributed by atoms with E-state index in [1.54, 1.807) is 12.1 Å². The van der Waals surface area contributed by atoms with Crippen LogP contribution in [0.5, 0.6) is 11.5 Å². The summed E-state index contributed by atoms with van der Waals surface area (Å²) in [6.45, 7) is 3.72. The summed E-state index contributed by atoms with van der Waals surface area (Å²) in [6.07, 6.45) is 0.865. The number of nitrogens with two attached hydrogens (primary N) is 1. The highest BCUT2D eigenvalue weighted by Crippen LogP contribution is 2.49. The zero-order valence-corrected chi connectivity index (χ0v) is 16.2. The Morgan fingerprint density at radius 1 is 1.37 bits per heavy atom. The lowest BCUT2D eigenvalue weighted by Crippen LogP contribution is -2.75. The summed E-state index contributed by atoms with van der Waals surface area (Å²) >= 11 is 0. The Labute approximate surface area is 158 Å². The number of carbonyl (C=O) groups is 1. The van der Waals surface area contributed by atoms with Crippen molar-refractivity contribution in [2.24, 2.45) is 11.1 Å². The predicted molar refractivity (Wildman–Crippen MR) is 97.1 cm³/mol. The topological polar surface area (TPSA) is 82.8 Å². The van der Waals surface area contributed by atoms with Crippen molar-refractivity contribution in [3.63, 3.8) is 0 Å². The van der Waals surface area contributed by atoms with Gasteiger partial charge < -0.3 is 25.3 Å². The van der Waals surface area contributed by atoms with E-state index in [2.05, 4.69) is 10.1 Å². The van der Waals surface area contributed by atoms with E-state index < -0.39 is 17.6 Å². The Bertz CT molecular complexity index is 669. The van der Waals surface area contributed by atoms with Crippen LogP contribution in [0.2, 0.25) is 0 Å². The highest BCUT2D eigenvalue weighted by Gasteiger charge is 2.62. The highest BCUT2D eigenvalue weighted by molar-refractivity contribution is 5.88. The standard InChI is InChI=1S/C19H28F2N2O4/c1-5-26-15-11-19(22,18(15,2)3)16(24)23-9-8-12-6-7-13(25-4)14(10-12)27-17(20)21/h6-7,10,15,17H,5,8-9,11,22H2,1-4H3,(H,23,24). The Hall–Kier alpha value is -1.93. The maximum Gasteiger partial charge on any atom is 0.387 e. The fourth-order valence-electron chi connectivity index (χ4n) is 3.36. The minimum atomic E-state index is -2.94. The second-order valence-electron chi connectivity index (χ2n) is 7.21. The Balaban J connectivity index is 1.93. The molecule has 0 saturated heterocycles. The van der Waals surface area contributed by atoms with Crippen molar-refractivity contribution in [3.8, 4) is 11.5 Å². The quantitative estimate of drug-likeness (QED) is 0.681. The van der Waals surface area contributed by atoms with Crippen molar-refractivity contribution in [2.45, 2.75) is 51.9 Å². The molecule has 0 bridgehead atoms. The summed E-state index contributed by atoms with van der Waals surface area (Å²) in [6, 6.07) is 4.77. The van der Waals surface area contributed by atoms with Gasteiger partial charge in [-0.25, -0.2) is 0 Å². The Kier molecular flexibility index (Phi) is 6.64. The van der Waals surface area contributed by atoms with Gasteiger partial charge >= 0.3 is 6.61 Å². The first-order valence-electron chi connectivity index (χ1n) is 8.96. The van der Waals surface area contributed by atoms with E-state index in [1.165, 1.54) is 13.2 Å². The molecule has 2 unspecified atom stereocenters. The number of amides is 1. The van der Waals surface area contributed by atoms with Crippen LogP contribution in [0.25, 0.3) is 0 Å². The molecule has 152 valence electrons. The molecule has 2 atom stereocenters. The van der Waals surface area contributed by atoms with Crippen molar-refractivity contribution in [2.75, 3.05) is 20.3 Å². The molecule has 3 N–H and O–H groups in total. The van der Waals surface area contributed by atoms with Gasteiger partial charge in [0.1, 0.15) is 5.54 Å². The number of benzene rings is 1.